The van der Waals surface area contributed by atoms with Gasteiger partial charge in [-0.1, -0.05) is 30.3 Å². The molecule has 1 atom stereocenters. The lowest BCUT2D eigenvalue weighted by Gasteiger charge is -2.33. The van der Waals surface area contributed by atoms with Crippen LogP contribution in [0.5, 0.6) is 0 Å². The Labute approximate surface area is 184 Å². The number of nitrogens with zero attached hydrogens (tertiary/aromatic N) is 6. The van der Waals surface area contributed by atoms with E-state index >= 15 is 0 Å². The number of benzene rings is 1. The van der Waals surface area contributed by atoms with Crippen molar-refractivity contribution in [1.29, 1.82) is 0 Å². The Morgan fingerprint density at radius 1 is 1.06 bits per heavy atom. The van der Waals surface area contributed by atoms with Gasteiger partial charge in [0.2, 0.25) is 0 Å². The summed E-state index contributed by atoms with van der Waals surface area (Å²) in [4.78, 5) is 41.5. The highest BCUT2D eigenvalue weighted by Gasteiger charge is 2.24. The summed E-state index contributed by atoms with van der Waals surface area (Å²) < 4.78 is 2.75. The zero-order valence-corrected chi connectivity index (χ0v) is 17.9. The van der Waals surface area contributed by atoms with E-state index in [0.717, 1.165) is 47.6 Å². The molecule has 5 rings (SSSR count). The van der Waals surface area contributed by atoms with Crippen molar-refractivity contribution in [1.82, 2.24) is 24.1 Å². The van der Waals surface area contributed by atoms with Gasteiger partial charge in [0.25, 0.3) is 5.56 Å². The summed E-state index contributed by atoms with van der Waals surface area (Å²) in [5.41, 5.74) is 1.63. The van der Waals surface area contributed by atoms with Crippen LogP contribution in [0.4, 0.5) is 5.82 Å². The first-order chi connectivity index (χ1) is 15.6. The molecule has 0 N–H and O–H groups in total. The van der Waals surface area contributed by atoms with Gasteiger partial charge in [-0.05, 0) is 30.5 Å². The Morgan fingerprint density at radius 3 is 2.69 bits per heavy atom. The fourth-order valence-corrected chi connectivity index (χ4v) is 4.39. The highest BCUT2D eigenvalue weighted by molar-refractivity contribution is 5.74. The van der Waals surface area contributed by atoms with Crippen LogP contribution >= 0.6 is 0 Å². The Kier molecular flexibility index (Phi) is 5.26. The third kappa shape index (κ3) is 3.68. The quantitative estimate of drug-likeness (QED) is 0.496. The molecule has 4 aromatic rings. The third-order valence-electron chi connectivity index (χ3n) is 6.10. The number of piperidine rings is 1. The Morgan fingerprint density at radius 2 is 1.91 bits per heavy atom. The third-order valence-corrected chi connectivity index (χ3v) is 6.10. The summed E-state index contributed by atoms with van der Waals surface area (Å²) in [6, 6.07) is 13.5. The minimum Gasteiger partial charge on any atom is -0.355 e. The second kappa shape index (κ2) is 8.37. The van der Waals surface area contributed by atoms with Crippen LogP contribution in [0.25, 0.3) is 11.0 Å². The fraction of sp³-hybridized carbons (Fsp3) is 0.292. The van der Waals surface area contributed by atoms with Gasteiger partial charge in [0.05, 0.1) is 18.1 Å². The monoisotopic (exact) mass is 428 g/mol. The van der Waals surface area contributed by atoms with Gasteiger partial charge in [-0.15, -0.1) is 0 Å². The molecular formula is C24H24N6O2. The van der Waals surface area contributed by atoms with Crippen LogP contribution in [0.15, 0.2) is 70.6 Å². The van der Waals surface area contributed by atoms with Gasteiger partial charge in [-0.3, -0.25) is 18.9 Å². The molecule has 162 valence electrons. The van der Waals surface area contributed by atoms with Crippen molar-refractivity contribution >= 4 is 16.9 Å². The first-order valence-electron chi connectivity index (χ1n) is 10.8. The molecule has 0 aliphatic carbocycles. The summed E-state index contributed by atoms with van der Waals surface area (Å²) in [5.74, 6) is 1.03. The predicted molar refractivity (Wildman–Crippen MR) is 123 cm³/mol. The summed E-state index contributed by atoms with van der Waals surface area (Å²) >= 11 is 0. The molecular weight excluding hydrogens is 404 g/mol. The molecule has 0 amide bonds. The van der Waals surface area contributed by atoms with Gasteiger partial charge in [-0.25, -0.2) is 14.8 Å². The largest absolute Gasteiger partial charge is 0.355 e. The highest BCUT2D eigenvalue weighted by atomic mass is 16.2. The predicted octanol–water partition coefficient (Wildman–Crippen LogP) is 2.32. The maximum absolute atomic E-state index is 13.0. The van der Waals surface area contributed by atoms with E-state index in [1.165, 1.54) is 7.05 Å². The Balaban J connectivity index is 1.57. The number of pyridine rings is 1. The van der Waals surface area contributed by atoms with E-state index in [1.807, 2.05) is 42.5 Å². The first-order valence-corrected chi connectivity index (χ1v) is 10.8. The summed E-state index contributed by atoms with van der Waals surface area (Å²) in [6.07, 6.45) is 7.14. The molecule has 8 heteroatoms. The molecule has 1 fully saturated rings. The molecule has 0 radical (unpaired) electrons. The van der Waals surface area contributed by atoms with Gasteiger partial charge in [0.1, 0.15) is 11.5 Å². The van der Waals surface area contributed by atoms with Gasteiger partial charge in [0.15, 0.2) is 0 Å². The normalized spacial score (nSPS) is 16.4. The van der Waals surface area contributed by atoms with E-state index in [-0.39, 0.29) is 17.2 Å². The number of hydrogen-bond acceptors (Lipinski definition) is 6. The van der Waals surface area contributed by atoms with Crippen LogP contribution in [0.3, 0.4) is 0 Å². The van der Waals surface area contributed by atoms with E-state index in [9.17, 15) is 9.59 Å². The second-order valence-corrected chi connectivity index (χ2v) is 8.17. The molecule has 3 aromatic heterocycles. The van der Waals surface area contributed by atoms with Crippen molar-refractivity contribution in [3.05, 3.63) is 93.2 Å². The highest BCUT2D eigenvalue weighted by Crippen LogP contribution is 2.28. The molecule has 32 heavy (non-hydrogen) atoms. The maximum Gasteiger partial charge on any atom is 0.332 e. The van der Waals surface area contributed by atoms with E-state index in [0.29, 0.717) is 17.6 Å². The zero-order valence-electron chi connectivity index (χ0n) is 17.9. The fourth-order valence-electron chi connectivity index (χ4n) is 4.39. The van der Waals surface area contributed by atoms with Gasteiger partial charge >= 0.3 is 5.69 Å². The molecule has 1 unspecified atom stereocenters. The van der Waals surface area contributed by atoms with Crippen molar-refractivity contribution in [2.75, 3.05) is 18.0 Å². The summed E-state index contributed by atoms with van der Waals surface area (Å²) in [6.45, 7) is 2.05. The molecule has 4 heterocycles. The molecule has 1 aromatic carbocycles. The minimum absolute atomic E-state index is 0.180. The van der Waals surface area contributed by atoms with E-state index in [1.54, 1.807) is 23.2 Å². The van der Waals surface area contributed by atoms with Crippen molar-refractivity contribution < 1.29 is 0 Å². The minimum atomic E-state index is -0.360. The number of anilines is 1. The lowest BCUT2D eigenvalue weighted by molar-refractivity contribution is 0.498. The molecule has 1 aliphatic rings. The molecule has 0 spiro atoms. The summed E-state index contributed by atoms with van der Waals surface area (Å²) in [7, 11) is 1.51. The zero-order chi connectivity index (χ0) is 22.1. The SMILES string of the molecule is Cn1c(=O)c2ccc(C3CCCN(c4cnccn4)C3)nc2n(Cc2ccccc2)c1=O. The van der Waals surface area contributed by atoms with Crippen LogP contribution in [0, 0.1) is 0 Å². The first kappa shape index (κ1) is 20.1. The summed E-state index contributed by atoms with van der Waals surface area (Å²) in [5, 5.41) is 0.452. The molecule has 0 bridgehead atoms. The van der Waals surface area contributed by atoms with E-state index in [4.69, 9.17) is 4.98 Å². The number of aromatic nitrogens is 5. The molecule has 0 saturated carbocycles. The second-order valence-electron chi connectivity index (χ2n) is 8.17. The van der Waals surface area contributed by atoms with Crippen molar-refractivity contribution in [2.45, 2.75) is 25.3 Å². The number of hydrogen-bond donors (Lipinski definition) is 0. The van der Waals surface area contributed by atoms with Gasteiger partial charge in [0, 0.05) is 44.1 Å². The topological polar surface area (TPSA) is 85.9 Å². The van der Waals surface area contributed by atoms with Gasteiger partial charge in [-0.2, -0.15) is 0 Å². The molecule has 1 saturated heterocycles. The van der Waals surface area contributed by atoms with Crippen molar-refractivity contribution in [3.8, 4) is 0 Å². The van der Waals surface area contributed by atoms with E-state index in [2.05, 4.69) is 14.9 Å². The van der Waals surface area contributed by atoms with Crippen molar-refractivity contribution in [2.24, 2.45) is 7.05 Å². The van der Waals surface area contributed by atoms with Crippen LogP contribution in [-0.2, 0) is 13.6 Å². The van der Waals surface area contributed by atoms with Crippen LogP contribution < -0.4 is 16.1 Å². The Hall–Kier alpha value is -3.81. The lowest BCUT2D eigenvalue weighted by atomic mass is 9.94. The number of rotatable bonds is 4. The standard InChI is InChI=1S/C24H24N6O2/c1-28-23(31)19-9-10-20(18-8-5-13-29(16-18)21-14-25-11-12-26-21)27-22(19)30(24(28)32)15-17-6-3-2-4-7-17/h2-4,6-7,9-12,14,18H,5,8,13,15-16H2,1H3. The molecule has 1 aliphatic heterocycles. The maximum atomic E-state index is 13.0. The average Bonchev–Trinajstić information content (AvgIpc) is 2.86. The van der Waals surface area contributed by atoms with Crippen LogP contribution in [0.1, 0.15) is 30.0 Å². The van der Waals surface area contributed by atoms with Gasteiger partial charge < -0.3 is 4.90 Å². The average molecular weight is 428 g/mol. The van der Waals surface area contributed by atoms with Crippen LogP contribution in [0.2, 0.25) is 0 Å². The smallest absolute Gasteiger partial charge is 0.332 e. The van der Waals surface area contributed by atoms with Crippen LogP contribution in [-0.4, -0.2) is 37.2 Å². The molecule has 8 nitrogen and oxygen atoms in total. The Bertz CT molecular complexity index is 1360. The number of fused-ring (bicyclic) bond motifs is 1. The van der Waals surface area contributed by atoms with E-state index < -0.39 is 0 Å². The lowest BCUT2D eigenvalue weighted by Crippen LogP contribution is -2.39. The van der Waals surface area contributed by atoms with Crippen molar-refractivity contribution in [3.63, 3.8) is 0 Å².